The molecular weight excluding hydrogens is 474 g/mol. The van der Waals surface area contributed by atoms with E-state index in [1.54, 1.807) is 65.0 Å². The highest BCUT2D eigenvalue weighted by atomic mass is 16.5. The molecule has 0 aliphatic heterocycles. The first-order chi connectivity index (χ1) is 17.7. The molecule has 4 heterocycles. The van der Waals surface area contributed by atoms with E-state index < -0.39 is 0 Å². The number of rotatable bonds is 9. The lowest BCUT2D eigenvalue weighted by molar-refractivity contribution is -0.114. The molecule has 0 aliphatic rings. The number of hydrogen-bond donors (Lipinski definition) is 4. The Morgan fingerprint density at radius 1 is 1.19 bits per heavy atom. The number of carbonyl (C=O) groups excluding carboxylic acids is 1. The summed E-state index contributed by atoms with van der Waals surface area (Å²) in [5.74, 6) is 1.35. The van der Waals surface area contributed by atoms with Crippen LogP contribution in [0.25, 0.3) is 11.2 Å². The topological polar surface area (TPSA) is 152 Å². The summed E-state index contributed by atoms with van der Waals surface area (Å²) in [6.07, 6.45) is 7.57. The molecule has 4 aromatic heterocycles. The van der Waals surface area contributed by atoms with Gasteiger partial charge in [0.05, 0.1) is 5.69 Å². The Kier molecular flexibility index (Phi) is 7.28. The summed E-state index contributed by atoms with van der Waals surface area (Å²) in [5, 5.41) is 15.9. The van der Waals surface area contributed by atoms with Gasteiger partial charge in [0.2, 0.25) is 17.7 Å². The minimum absolute atomic E-state index is 0.0670. The van der Waals surface area contributed by atoms with Gasteiger partial charge in [-0.15, -0.1) is 0 Å². The highest BCUT2D eigenvalue weighted by Gasteiger charge is 2.15. The number of carbonyl (C=O) groups is 1. The fourth-order valence-electron chi connectivity index (χ4n) is 3.53. The number of allylic oxidation sites excluding steroid dienone is 1. The molecule has 0 unspecified atom stereocenters. The Morgan fingerprint density at radius 2 is 2.00 bits per heavy atom. The SMILES string of the molecule is CC(=O)Nc1cc(Oc2ccc3nc(Nc4cc(N/C=C\C=N)cn(C(C)C)c4=O)n(C)c3n2)ccn1. The lowest BCUT2D eigenvalue weighted by Crippen LogP contribution is -2.24. The van der Waals surface area contributed by atoms with Crippen molar-refractivity contribution in [3.63, 3.8) is 0 Å². The van der Waals surface area contributed by atoms with Crippen molar-refractivity contribution in [1.29, 1.82) is 5.41 Å². The first-order valence-electron chi connectivity index (χ1n) is 11.5. The molecule has 0 saturated heterocycles. The van der Waals surface area contributed by atoms with Gasteiger partial charge in [-0.2, -0.15) is 4.98 Å². The zero-order valence-electron chi connectivity index (χ0n) is 20.8. The van der Waals surface area contributed by atoms with Crippen molar-refractivity contribution in [1.82, 2.24) is 24.1 Å². The third kappa shape index (κ3) is 5.81. The summed E-state index contributed by atoms with van der Waals surface area (Å²) in [4.78, 5) is 37.6. The quantitative estimate of drug-likeness (QED) is 0.249. The zero-order valence-corrected chi connectivity index (χ0v) is 20.8. The van der Waals surface area contributed by atoms with Gasteiger partial charge in [0.25, 0.3) is 5.56 Å². The van der Waals surface area contributed by atoms with Gasteiger partial charge in [-0.05, 0) is 38.1 Å². The number of pyridine rings is 3. The predicted molar refractivity (Wildman–Crippen MR) is 143 cm³/mol. The van der Waals surface area contributed by atoms with Crippen LogP contribution in [0.4, 0.5) is 23.1 Å². The molecule has 0 atom stereocenters. The number of amides is 1. The van der Waals surface area contributed by atoms with Gasteiger partial charge in [-0.25, -0.2) is 9.97 Å². The lowest BCUT2D eigenvalue weighted by Gasteiger charge is -2.15. The Morgan fingerprint density at radius 3 is 2.73 bits per heavy atom. The molecule has 1 amide bonds. The maximum atomic E-state index is 13.1. The molecule has 0 radical (unpaired) electrons. The molecule has 190 valence electrons. The number of aromatic nitrogens is 5. The summed E-state index contributed by atoms with van der Waals surface area (Å²) >= 11 is 0. The van der Waals surface area contributed by atoms with Gasteiger partial charge >= 0.3 is 0 Å². The smallest absolute Gasteiger partial charge is 0.274 e. The Balaban J connectivity index is 1.64. The predicted octanol–water partition coefficient (Wildman–Crippen LogP) is 4.18. The van der Waals surface area contributed by atoms with Crippen LogP contribution >= 0.6 is 0 Å². The summed E-state index contributed by atoms with van der Waals surface area (Å²) in [6.45, 7) is 5.24. The largest absolute Gasteiger partial charge is 0.439 e. The first-order valence-corrected chi connectivity index (χ1v) is 11.5. The van der Waals surface area contributed by atoms with E-state index in [1.807, 2.05) is 13.8 Å². The van der Waals surface area contributed by atoms with Crippen LogP contribution in [0.2, 0.25) is 0 Å². The van der Waals surface area contributed by atoms with Crippen LogP contribution in [0.1, 0.15) is 26.8 Å². The van der Waals surface area contributed by atoms with Gasteiger partial charge in [0.1, 0.15) is 22.8 Å². The van der Waals surface area contributed by atoms with Crippen molar-refractivity contribution in [2.24, 2.45) is 7.05 Å². The second-order valence-corrected chi connectivity index (χ2v) is 8.39. The maximum absolute atomic E-state index is 13.1. The Bertz CT molecular complexity index is 1550. The summed E-state index contributed by atoms with van der Waals surface area (Å²) in [6, 6.07) is 8.33. The average Bonchev–Trinajstić information content (AvgIpc) is 3.15. The van der Waals surface area contributed by atoms with Gasteiger partial charge in [-0.3, -0.25) is 14.2 Å². The van der Waals surface area contributed by atoms with Crippen LogP contribution in [-0.2, 0) is 11.8 Å². The van der Waals surface area contributed by atoms with E-state index in [0.29, 0.717) is 45.9 Å². The normalized spacial score (nSPS) is 11.2. The van der Waals surface area contributed by atoms with E-state index in [-0.39, 0.29) is 17.5 Å². The fourth-order valence-corrected chi connectivity index (χ4v) is 3.53. The molecule has 12 heteroatoms. The molecule has 0 bridgehead atoms. The van der Waals surface area contributed by atoms with E-state index >= 15 is 0 Å². The number of fused-ring (bicyclic) bond motifs is 1. The molecule has 12 nitrogen and oxygen atoms in total. The third-order valence-corrected chi connectivity index (χ3v) is 5.24. The molecule has 0 saturated carbocycles. The summed E-state index contributed by atoms with van der Waals surface area (Å²) in [7, 11) is 1.78. The number of nitrogens with one attached hydrogen (secondary N) is 4. The van der Waals surface area contributed by atoms with E-state index in [9.17, 15) is 9.59 Å². The Labute approximate surface area is 212 Å². The number of nitrogens with zero attached hydrogens (tertiary/aromatic N) is 5. The van der Waals surface area contributed by atoms with E-state index in [0.717, 1.165) is 6.21 Å². The van der Waals surface area contributed by atoms with Crippen molar-refractivity contribution >= 4 is 46.4 Å². The van der Waals surface area contributed by atoms with Crippen LogP contribution in [-0.4, -0.2) is 36.2 Å². The van der Waals surface area contributed by atoms with Crippen molar-refractivity contribution in [2.75, 3.05) is 16.0 Å². The minimum Gasteiger partial charge on any atom is -0.439 e. The van der Waals surface area contributed by atoms with Crippen LogP contribution in [0.5, 0.6) is 11.6 Å². The second kappa shape index (κ2) is 10.7. The van der Waals surface area contributed by atoms with Gasteiger partial charge in [-0.1, -0.05) is 0 Å². The number of hydrogen-bond acceptors (Lipinski definition) is 9. The lowest BCUT2D eigenvalue weighted by atomic mass is 10.3. The van der Waals surface area contributed by atoms with Crippen LogP contribution in [0.3, 0.4) is 0 Å². The highest BCUT2D eigenvalue weighted by Crippen LogP contribution is 2.26. The monoisotopic (exact) mass is 501 g/mol. The molecule has 0 spiro atoms. The van der Waals surface area contributed by atoms with Crippen molar-refractivity contribution in [2.45, 2.75) is 26.8 Å². The standard InChI is InChI=1S/C25H27N9O3/c1-15(2)34-14-17(27-10-5-9-26)12-20(24(34)36)31-25-30-19-6-7-22(32-23(19)33(25)4)37-18-8-11-28-21(13-18)29-16(3)35/h5-15,26-27H,1-4H3,(H,30,31)(H,28,29,35)/b10-5-,26-9?. The summed E-state index contributed by atoms with van der Waals surface area (Å²) in [5.41, 5.74) is 1.96. The number of anilines is 4. The molecule has 0 aliphatic carbocycles. The van der Waals surface area contributed by atoms with Crippen molar-refractivity contribution in [3.8, 4) is 11.6 Å². The molecular formula is C25H27N9O3. The van der Waals surface area contributed by atoms with Crippen LogP contribution < -0.4 is 26.2 Å². The molecule has 4 N–H and O–H groups in total. The number of imidazole rings is 1. The molecule has 0 aromatic carbocycles. The third-order valence-electron chi connectivity index (χ3n) is 5.24. The minimum atomic E-state index is -0.233. The van der Waals surface area contributed by atoms with Crippen LogP contribution in [0, 0.1) is 5.41 Å². The molecule has 4 rings (SSSR count). The highest BCUT2D eigenvalue weighted by molar-refractivity contribution is 5.87. The molecule has 37 heavy (non-hydrogen) atoms. The van der Waals surface area contributed by atoms with Gasteiger partial charge in [0.15, 0.2) is 5.65 Å². The van der Waals surface area contributed by atoms with Gasteiger partial charge < -0.3 is 30.7 Å². The average molecular weight is 502 g/mol. The Hall–Kier alpha value is -5.00. The first kappa shape index (κ1) is 25.1. The van der Waals surface area contributed by atoms with Crippen molar-refractivity contribution < 1.29 is 9.53 Å². The van der Waals surface area contributed by atoms with E-state index in [1.165, 1.54) is 13.1 Å². The molecule has 0 fully saturated rings. The molecule has 4 aromatic rings. The fraction of sp³-hybridized carbons (Fsp3) is 0.200. The second-order valence-electron chi connectivity index (χ2n) is 8.39. The maximum Gasteiger partial charge on any atom is 0.274 e. The van der Waals surface area contributed by atoms with Crippen molar-refractivity contribution in [3.05, 3.63) is 65.4 Å². The van der Waals surface area contributed by atoms with Crippen LogP contribution in [0.15, 0.2) is 59.8 Å². The van der Waals surface area contributed by atoms with Gasteiger partial charge in [0, 0.05) is 57.0 Å². The summed E-state index contributed by atoms with van der Waals surface area (Å²) < 4.78 is 9.21. The number of aryl methyl sites for hydroxylation is 1. The zero-order chi connectivity index (χ0) is 26.5. The van der Waals surface area contributed by atoms with E-state index in [2.05, 4.69) is 30.9 Å². The number of ether oxygens (including phenoxy) is 1. The van der Waals surface area contributed by atoms with E-state index in [4.69, 9.17) is 10.1 Å².